The summed E-state index contributed by atoms with van der Waals surface area (Å²) in [5.74, 6) is -0.974. The molecule has 0 bridgehead atoms. The summed E-state index contributed by atoms with van der Waals surface area (Å²) in [4.78, 5) is 41.0. The highest BCUT2D eigenvalue weighted by Crippen LogP contribution is 2.34. The second-order valence-electron chi connectivity index (χ2n) is 8.47. The molecular weight excluding hydrogens is 434 g/mol. The van der Waals surface area contributed by atoms with Gasteiger partial charge in [0.1, 0.15) is 0 Å². The van der Waals surface area contributed by atoms with Gasteiger partial charge in [-0.05, 0) is 64.2 Å². The monoisotopic (exact) mass is 453 g/mol. The summed E-state index contributed by atoms with van der Waals surface area (Å²) in [6.45, 7) is 0. The van der Waals surface area contributed by atoms with Crippen molar-refractivity contribution >= 4 is 50.9 Å². The molecule has 2 amide bonds. The maximum atomic E-state index is 13.3. The number of para-hydroxylation sites is 1. The van der Waals surface area contributed by atoms with Crippen molar-refractivity contribution in [2.24, 2.45) is 0 Å². The Balaban J connectivity index is 1.40. The van der Waals surface area contributed by atoms with E-state index in [1.165, 1.54) is 11.0 Å². The first-order valence-corrected chi connectivity index (χ1v) is 11.3. The smallest absolute Gasteiger partial charge is 0.265 e. The lowest BCUT2D eigenvalue weighted by atomic mass is 9.89. The summed E-state index contributed by atoms with van der Waals surface area (Å²) in [5, 5.41) is 3.37. The van der Waals surface area contributed by atoms with E-state index in [0.717, 1.165) is 16.3 Å². The molecule has 0 unspecified atom stereocenters. The van der Waals surface area contributed by atoms with E-state index in [4.69, 9.17) is 0 Å². The van der Waals surface area contributed by atoms with Crippen LogP contribution in [0.3, 0.4) is 0 Å². The van der Waals surface area contributed by atoms with Gasteiger partial charge < -0.3 is 0 Å². The molecule has 5 aromatic carbocycles. The van der Waals surface area contributed by atoms with Crippen molar-refractivity contribution in [3.63, 3.8) is 0 Å². The summed E-state index contributed by atoms with van der Waals surface area (Å²) in [5.41, 5.74) is 2.71. The first kappa shape index (κ1) is 20.8. The van der Waals surface area contributed by atoms with Gasteiger partial charge in [0.15, 0.2) is 5.78 Å². The molecule has 1 aliphatic rings. The van der Waals surface area contributed by atoms with Crippen LogP contribution >= 0.6 is 0 Å². The first-order valence-electron chi connectivity index (χ1n) is 11.3. The molecule has 0 aromatic heterocycles. The number of allylic oxidation sites excluding steroid dienone is 1. The number of benzene rings is 5. The van der Waals surface area contributed by atoms with Gasteiger partial charge in [0.25, 0.3) is 11.8 Å². The number of carbonyl (C=O) groups excluding carboxylic acids is 3. The van der Waals surface area contributed by atoms with E-state index < -0.39 is 11.8 Å². The number of anilines is 1. The van der Waals surface area contributed by atoms with Crippen LogP contribution in [0.4, 0.5) is 5.69 Å². The predicted octanol–water partition coefficient (Wildman–Crippen LogP) is 6.69. The lowest BCUT2D eigenvalue weighted by Crippen LogP contribution is -2.40. The van der Waals surface area contributed by atoms with E-state index in [9.17, 15) is 14.4 Å². The molecule has 0 atom stereocenters. The second-order valence-corrected chi connectivity index (χ2v) is 8.47. The van der Waals surface area contributed by atoms with Crippen molar-refractivity contribution in [3.05, 3.63) is 131 Å². The third-order valence-electron chi connectivity index (χ3n) is 6.39. The topological polar surface area (TPSA) is 54.5 Å². The Kier molecular flexibility index (Phi) is 4.86. The highest BCUT2D eigenvalue weighted by atomic mass is 16.2. The van der Waals surface area contributed by atoms with Crippen LogP contribution in [0.1, 0.15) is 36.6 Å². The summed E-state index contributed by atoms with van der Waals surface area (Å²) >= 11 is 0. The molecule has 0 aliphatic carbocycles. The Bertz CT molecular complexity index is 1680. The molecule has 0 saturated carbocycles. The summed E-state index contributed by atoms with van der Waals surface area (Å²) in [6.07, 6.45) is 3.33. The molecule has 166 valence electrons. The molecule has 1 aliphatic heterocycles. The number of fused-ring (bicyclic) bond motifs is 1. The number of rotatable bonds is 4. The molecule has 0 spiro atoms. The Labute approximate surface area is 201 Å². The van der Waals surface area contributed by atoms with Crippen LogP contribution in [0.25, 0.3) is 27.6 Å². The number of nitrogens with zero attached hydrogens (tertiary/aromatic N) is 1. The molecule has 0 radical (unpaired) electrons. The number of hydrogen-bond acceptors (Lipinski definition) is 3. The van der Waals surface area contributed by atoms with Crippen LogP contribution in [0, 0.1) is 0 Å². The molecular formula is C31H19NO3. The molecule has 4 heteroatoms. The maximum absolute atomic E-state index is 13.3. The zero-order valence-corrected chi connectivity index (χ0v) is 18.6. The minimum absolute atomic E-state index is 0.188. The van der Waals surface area contributed by atoms with Crippen LogP contribution in [-0.2, 0) is 0 Å². The van der Waals surface area contributed by atoms with Gasteiger partial charge in [-0.25, -0.2) is 4.90 Å². The van der Waals surface area contributed by atoms with Gasteiger partial charge in [-0.15, -0.1) is 0 Å². The van der Waals surface area contributed by atoms with Crippen molar-refractivity contribution in [1.82, 2.24) is 0 Å². The van der Waals surface area contributed by atoms with Crippen molar-refractivity contribution in [2.45, 2.75) is 0 Å². The van der Waals surface area contributed by atoms with E-state index >= 15 is 0 Å². The van der Waals surface area contributed by atoms with Crippen LogP contribution in [-0.4, -0.2) is 17.6 Å². The van der Waals surface area contributed by atoms with Gasteiger partial charge >= 0.3 is 0 Å². The largest absolute Gasteiger partial charge is 0.289 e. The van der Waals surface area contributed by atoms with E-state index in [1.54, 1.807) is 60.7 Å². The van der Waals surface area contributed by atoms with Gasteiger partial charge in [0, 0.05) is 22.1 Å². The first-order chi connectivity index (χ1) is 17.1. The van der Waals surface area contributed by atoms with Gasteiger partial charge in [0.2, 0.25) is 0 Å². The molecule has 5 aromatic rings. The Hall–Kier alpha value is -4.83. The molecule has 1 heterocycles. The van der Waals surface area contributed by atoms with E-state index in [-0.39, 0.29) is 5.78 Å². The van der Waals surface area contributed by atoms with Crippen LogP contribution < -0.4 is 4.90 Å². The maximum Gasteiger partial charge on any atom is 0.265 e. The molecule has 35 heavy (non-hydrogen) atoms. The molecule has 0 N–H and O–H groups in total. The van der Waals surface area contributed by atoms with Gasteiger partial charge in [0.05, 0.1) is 5.69 Å². The van der Waals surface area contributed by atoms with Crippen LogP contribution in [0.2, 0.25) is 0 Å². The number of hydrogen-bond donors (Lipinski definition) is 0. The highest BCUT2D eigenvalue weighted by molar-refractivity contribution is 6.37. The third-order valence-corrected chi connectivity index (χ3v) is 6.39. The second kappa shape index (κ2) is 8.19. The zero-order chi connectivity index (χ0) is 23.9. The number of carbonyl (C=O) groups is 3. The van der Waals surface area contributed by atoms with E-state index in [0.29, 0.717) is 33.2 Å². The van der Waals surface area contributed by atoms with Gasteiger partial charge in [-0.3, -0.25) is 14.4 Å². The van der Waals surface area contributed by atoms with Gasteiger partial charge in [-0.1, -0.05) is 72.8 Å². The number of amides is 2. The average molecular weight is 453 g/mol. The Morgan fingerprint density at radius 2 is 1.37 bits per heavy atom. The van der Waals surface area contributed by atoms with Gasteiger partial charge in [-0.2, -0.15) is 0 Å². The fourth-order valence-corrected chi connectivity index (χ4v) is 4.70. The molecule has 0 saturated heterocycles. The standard InChI is InChI=1S/C31H19NO3/c33-28(18-14-20-13-15-21-7-4-5-8-22(21)19-20)24-16-17-27-29-25(24)11-6-12-26(29)30(34)32(31(27)35)23-9-2-1-3-10-23/h1-19H/b18-14+. The highest BCUT2D eigenvalue weighted by Gasteiger charge is 2.34. The summed E-state index contributed by atoms with van der Waals surface area (Å²) in [7, 11) is 0. The van der Waals surface area contributed by atoms with Crippen molar-refractivity contribution in [2.75, 3.05) is 4.90 Å². The third kappa shape index (κ3) is 3.44. The Morgan fingerprint density at radius 3 is 2.17 bits per heavy atom. The van der Waals surface area contributed by atoms with Crippen molar-refractivity contribution < 1.29 is 14.4 Å². The van der Waals surface area contributed by atoms with Crippen molar-refractivity contribution in [1.29, 1.82) is 0 Å². The zero-order valence-electron chi connectivity index (χ0n) is 18.6. The molecule has 0 fully saturated rings. The van der Waals surface area contributed by atoms with Crippen molar-refractivity contribution in [3.8, 4) is 0 Å². The van der Waals surface area contributed by atoms with E-state index in [2.05, 4.69) is 0 Å². The van der Waals surface area contributed by atoms with Crippen LogP contribution in [0.5, 0.6) is 0 Å². The fourth-order valence-electron chi connectivity index (χ4n) is 4.70. The summed E-state index contributed by atoms with van der Waals surface area (Å²) < 4.78 is 0. The normalized spacial score (nSPS) is 13.2. The van der Waals surface area contributed by atoms with Crippen LogP contribution in [0.15, 0.2) is 109 Å². The lowest BCUT2D eigenvalue weighted by Gasteiger charge is -2.27. The number of imide groups is 1. The minimum Gasteiger partial charge on any atom is -0.289 e. The SMILES string of the molecule is O=C(/C=C/c1ccc2ccccc2c1)c1ccc2c3c(cccc13)C(=O)N(c1ccccc1)C2=O. The fraction of sp³-hybridized carbons (Fsp3) is 0. The predicted molar refractivity (Wildman–Crippen MR) is 139 cm³/mol. The number of ketones is 1. The molecule has 4 nitrogen and oxygen atoms in total. The average Bonchev–Trinajstić information content (AvgIpc) is 2.90. The van der Waals surface area contributed by atoms with E-state index in [1.807, 2.05) is 48.5 Å². The molecule has 6 rings (SSSR count). The quantitative estimate of drug-likeness (QED) is 0.173. The minimum atomic E-state index is -0.393. The Morgan fingerprint density at radius 1 is 0.657 bits per heavy atom. The lowest BCUT2D eigenvalue weighted by molar-refractivity contribution is 0.0892. The summed E-state index contributed by atoms with van der Waals surface area (Å²) in [6, 6.07) is 31.5.